The van der Waals surface area contributed by atoms with Crippen molar-refractivity contribution < 1.29 is 23.9 Å². The Morgan fingerprint density at radius 1 is 1.14 bits per heavy atom. The maximum absolute atomic E-state index is 12.7. The van der Waals surface area contributed by atoms with Crippen LogP contribution < -0.4 is 9.47 Å². The van der Waals surface area contributed by atoms with E-state index >= 15 is 0 Å². The first-order valence-corrected chi connectivity index (χ1v) is 10.5. The second-order valence-corrected chi connectivity index (χ2v) is 7.78. The molecule has 29 heavy (non-hydrogen) atoms. The molecule has 1 saturated heterocycles. The highest BCUT2D eigenvalue weighted by molar-refractivity contribution is 8.18. The van der Waals surface area contributed by atoms with E-state index < -0.39 is 11.1 Å². The number of carbonyl (C=O) groups is 3. The van der Waals surface area contributed by atoms with Crippen molar-refractivity contribution >= 4 is 46.5 Å². The third-order valence-electron chi connectivity index (χ3n) is 4.30. The number of thioether (sulfide) groups is 1. The third kappa shape index (κ3) is 5.45. The van der Waals surface area contributed by atoms with Gasteiger partial charge in [-0.3, -0.25) is 19.3 Å². The van der Waals surface area contributed by atoms with Gasteiger partial charge < -0.3 is 14.4 Å². The first kappa shape index (κ1) is 23.1. The molecule has 0 aliphatic carbocycles. The van der Waals surface area contributed by atoms with Gasteiger partial charge in [-0.15, -0.1) is 0 Å². The molecule has 158 valence electrons. The maximum Gasteiger partial charge on any atom is 0.294 e. The van der Waals surface area contributed by atoms with Gasteiger partial charge in [-0.2, -0.15) is 0 Å². The molecule has 1 aromatic carbocycles. The van der Waals surface area contributed by atoms with Gasteiger partial charge in [-0.05, 0) is 36.7 Å². The summed E-state index contributed by atoms with van der Waals surface area (Å²) in [6.45, 7) is 4.89. The zero-order valence-corrected chi connectivity index (χ0v) is 18.6. The summed E-state index contributed by atoms with van der Waals surface area (Å²) in [5.74, 6) is 0.148. The predicted molar refractivity (Wildman–Crippen MR) is 114 cm³/mol. The van der Waals surface area contributed by atoms with Crippen molar-refractivity contribution in [2.24, 2.45) is 0 Å². The molecule has 0 bridgehead atoms. The average Bonchev–Trinajstić information content (AvgIpc) is 2.95. The van der Waals surface area contributed by atoms with E-state index in [0.717, 1.165) is 29.5 Å². The largest absolute Gasteiger partial charge is 0.496 e. The SMILES string of the molecule is CCCN(CCC)C(=O)CN1C(=O)S/C(=C\c2cc(Cl)c(OC)cc2OC)C1=O. The Hall–Kier alpha value is -2.19. The number of methoxy groups -OCH3 is 2. The van der Waals surface area contributed by atoms with Crippen molar-refractivity contribution in [3.8, 4) is 11.5 Å². The minimum Gasteiger partial charge on any atom is -0.496 e. The first-order chi connectivity index (χ1) is 13.9. The molecule has 9 heteroatoms. The summed E-state index contributed by atoms with van der Waals surface area (Å²) in [7, 11) is 2.98. The molecule has 2 rings (SSSR count). The van der Waals surface area contributed by atoms with Crippen LogP contribution in [0.2, 0.25) is 5.02 Å². The van der Waals surface area contributed by atoms with Crippen LogP contribution in [0.1, 0.15) is 32.3 Å². The Labute approximate surface area is 180 Å². The maximum atomic E-state index is 12.7. The molecule has 0 radical (unpaired) electrons. The Morgan fingerprint density at radius 3 is 2.31 bits per heavy atom. The van der Waals surface area contributed by atoms with Crippen LogP contribution in [0, 0.1) is 0 Å². The van der Waals surface area contributed by atoms with E-state index in [9.17, 15) is 14.4 Å². The number of ether oxygens (including phenoxy) is 2. The lowest BCUT2D eigenvalue weighted by Gasteiger charge is -2.23. The number of hydrogen-bond acceptors (Lipinski definition) is 6. The van der Waals surface area contributed by atoms with E-state index in [2.05, 4.69) is 0 Å². The monoisotopic (exact) mass is 440 g/mol. The number of carbonyl (C=O) groups excluding carboxylic acids is 3. The van der Waals surface area contributed by atoms with Crippen LogP contribution in [0.3, 0.4) is 0 Å². The predicted octanol–water partition coefficient (Wildman–Crippen LogP) is 4.04. The minimum atomic E-state index is -0.504. The minimum absolute atomic E-state index is 0.208. The quantitative estimate of drug-likeness (QED) is 0.539. The molecule has 3 amide bonds. The van der Waals surface area contributed by atoms with Crippen LogP contribution in [0.4, 0.5) is 4.79 Å². The van der Waals surface area contributed by atoms with E-state index in [1.807, 2.05) is 13.8 Å². The molecular formula is C20H25ClN2O5S. The van der Waals surface area contributed by atoms with Gasteiger partial charge in [0.2, 0.25) is 5.91 Å². The number of rotatable bonds is 9. The van der Waals surface area contributed by atoms with Gasteiger partial charge in [-0.25, -0.2) is 0 Å². The summed E-state index contributed by atoms with van der Waals surface area (Å²) in [4.78, 5) is 40.5. The van der Waals surface area contributed by atoms with E-state index in [1.165, 1.54) is 20.3 Å². The summed E-state index contributed by atoms with van der Waals surface area (Å²) in [5.41, 5.74) is 0.536. The molecule has 0 unspecified atom stereocenters. The number of nitrogens with zero attached hydrogens (tertiary/aromatic N) is 2. The molecule has 0 aromatic heterocycles. The standard InChI is InChI=1S/C20H25ClN2O5S/c1-5-7-22(8-6-2)18(24)12-23-19(25)17(29-20(23)26)10-13-9-14(21)16(28-4)11-15(13)27-3/h9-11H,5-8,12H2,1-4H3/b17-10-. The highest BCUT2D eigenvalue weighted by Gasteiger charge is 2.37. The van der Waals surface area contributed by atoms with Crippen molar-refractivity contribution in [1.82, 2.24) is 9.80 Å². The van der Waals surface area contributed by atoms with Gasteiger partial charge >= 0.3 is 0 Å². The normalized spacial score (nSPS) is 15.2. The lowest BCUT2D eigenvalue weighted by Crippen LogP contribution is -2.42. The Morgan fingerprint density at radius 2 is 1.76 bits per heavy atom. The highest BCUT2D eigenvalue weighted by Crippen LogP contribution is 2.37. The van der Waals surface area contributed by atoms with Crippen molar-refractivity contribution in [1.29, 1.82) is 0 Å². The van der Waals surface area contributed by atoms with Crippen molar-refractivity contribution in [3.05, 3.63) is 27.6 Å². The molecule has 1 fully saturated rings. The van der Waals surface area contributed by atoms with E-state index in [-0.39, 0.29) is 17.4 Å². The van der Waals surface area contributed by atoms with Crippen molar-refractivity contribution in [2.75, 3.05) is 33.9 Å². The zero-order chi connectivity index (χ0) is 21.6. The van der Waals surface area contributed by atoms with E-state index in [4.69, 9.17) is 21.1 Å². The van der Waals surface area contributed by atoms with Crippen molar-refractivity contribution in [2.45, 2.75) is 26.7 Å². The summed E-state index contributed by atoms with van der Waals surface area (Å²) < 4.78 is 10.5. The Kier molecular flexibility index (Phi) is 8.40. The fourth-order valence-corrected chi connectivity index (χ4v) is 3.99. The van der Waals surface area contributed by atoms with E-state index in [1.54, 1.807) is 17.0 Å². The number of benzene rings is 1. The molecule has 1 aliphatic rings. The van der Waals surface area contributed by atoms with Gasteiger partial charge in [0.05, 0.1) is 24.1 Å². The summed E-state index contributed by atoms with van der Waals surface area (Å²) >= 11 is 6.96. The van der Waals surface area contributed by atoms with Gasteiger partial charge in [0.15, 0.2) is 0 Å². The second kappa shape index (κ2) is 10.5. The van der Waals surface area contributed by atoms with Gasteiger partial charge in [-0.1, -0.05) is 25.4 Å². The molecule has 0 N–H and O–H groups in total. The number of amides is 3. The third-order valence-corrected chi connectivity index (χ3v) is 5.50. The van der Waals surface area contributed by atoms with Crippen LogP contribution in [0.15, 0.2) is 17.0 Å². The molecule has 0 spiro atoms. The summed E-state index contributed by atoms with van der Waals surface area (Å²) in [6, 6.07) is 3.21. The molecule has 1 aliphatic heterocycles. The van der Waals surface area contributed by atoms with Gasteiger partial charge in [0.25, 0.3) is 11.1 Å². The molecule has 7 nitrogen and oxygen atoms in total. The lowest BCUT2D eigenvalue weighted by molar-refractivity contribution is -0.135. The molecule has 0 atom stereocenters. The summed E-state index contributed by atoms with van der Waals surface area (Å²) in [5, 5.41) is -0.121. The Bertz CT molecular complexity index is 821. The fraction of sp³-hybridized carbons (Fsp3) is 0.450. The van der Waals surface area contributed by atoms with Crippen molar-refractivity contribution in [3.63, 3.8) is 0 Å². The van der Waals surface area contributed by atoms with Gasteiger partial charge in [0, 0.05) is 24.7 Å². The molecule has 1 aromatic rings. The fourth-order valence-electron chi connectivity index (χ4n) is 2.91. The molecule has 0 saturated carbocycles. The number of halogens is 1. The molecular weight excluding hydrogens is 416 g/mol. The smallest absolute Gasteiger partial charge is 0.294 e. The first-order valence-electron chi connectivity index (χ1n) is 9.30. The zero-order valence-electron chi connectivity index (χ0n) is 17.0. The van der Waals surface area contributed by atoms with Crippen LogP contribution in [0.5, 0.6) is 11.5 Å². The van der Waals surface area contributed by atoms with Crippen LogP contribution in [-0.2, 0) is 9.59 Å². The average molecular weight is 441 g/mol. The molecule has 1 heterocycles. The van der Waals surface area contributed by atoms with Crippen LogP contribution in [-0.4, -0.2) is 60.7 Å². The Balaban J connectivity index is 2.24. The number of hydrogen-bond donors (Lipinski definition) is 0. The highest BCUT2D eigenvalue weighted by atomic mass is 35.5. The topological polar surface area (TPSA) is 76.2 Å². The lowest BCUT2D eigenvalue weighted by atomic mass is 10.1. The number of imide groups is 1. The summed E-state index contributed by atoms with van der Waals surface area (Å²) in [6.07, 6.45) is 3.16. The van der Waals surface area contributed by atoms with Crippen LogP contribution >= 0.6 is 23.4 Å². The second-order valence-electron chi connectivity index (χ2n) is 6.38. The van der Waals surface area contributed by atoms with E-state index in [0.29, 0.717) is 35.2 Å². The van der Waals surface area contributed by atoms with Gasteiger partial charge in [0.1, 0.15) is 18.0 Å². The van der Waals surface area contributed by atoms with Crippen LogP contribution in [0.25, 0.3) is 6.08 Å².